The molecule has 1 amide bonds. The second-order valence-corrected chi connectivity index (χ2v) is 5.45. The molecule has 2 aliphatic rings. The Labute approximate surface area is 112 Å². The van der Waals surface area contributed by atoms with Crippen LogP contribution in [0.2, 0.25) is 0 Å². The highest BCUT2D eigenvalue weighted by molar-refractivity contribution is 6.05. The summed E-state index contributed by atoms with van der Waals surface area (Å²) in [5.41, 5.74) is 0.672. The number of aliphatic hydroxyl groups excluding tert-OH is 1. The van der Waals surface area contributed by atoms with E-state index in [1.807, 2.05) is 24.3 Å². The van der Waals surface area contributed by atoms with Gasteiger partial charge in [0.2, 0.25) is 0 Å². The van der Waals surface area contributed by atoms with Crippen molar-refractivity contribution in [1.29, 1.82) is 0 Å². The molecule has 2 aliphatic heterocycles. The summed E-state index contributed by atoms with van der Waals surface area (Å²) >= 11 is 0. The summed E-state index contributed by atoms with van der Waals surface area (Å²) in [4.78, 5) is 12.4. The summed E-state index contributed by atoms with van der Waals surface area (Å²) < 4.78 is 6.11. The van der Waals surface area contributed by atoms with E-state index in [2.05, 4.69) is 12.2 Å². The zero-order valence-electron chi connectivity index (χ0n) is 11.1. The molecule has 19 heavy (non-hydrogen) atoms. The Morgan fingerprint density at radius 2 is 2.26 bits per heavy atom. The Kier molecular flexibility index (Phi) is 3.07. The van der Waals surface area contributed by atoms with Gasteiger partial charge in [-0.25, -0.2) is 0 Å². The summed E-state index contributed by atoms with van der Waals surface area (Å²) in [5, 5.41) is 13.0. The molecule has 0 bridgehead atoms. The molecule has 1 spiro atoms. The van der Waals surface area contributed by atoms with E-state index in [0.29, 0.717) is 12.8 Å². The molecule has 0 saturated carbocycles. The fourth-order valence-electron chi connectivity index (χ4n) is 3.21. The number of carbonyl (C=O) groups is 1. The largest absolute Gasteiger partial charge is 0.393 e. The number of para-hydroxylation sites is 1. The Balaban J connectivity index is 1.99. The Morgan fingerprint density at radius 1 is 1.47 bits per heavy atom. The van der Waals surface area contributed by atoms with Gasteiger partial charge in [-0.2, -0.15) is 0 Å². The Morgan fingerprint density at radius 3 is 3.05 bits per heavy atom. The average Bonchev–Trinajstić information content (AvgIpc) is 2.62. The minimum Gasteiger partial charge on any atom is -0.393 e. The number of fused-ring (bicyclic) bond motifs is 2. The number of hydrogen-bond acceptors (Lipinski definition) is 3. The van der Waals surface area contributed by atoms with E-state index < -0.39 is 11.7 Å². The van der Waals surface area contributed by atoms with Crippen LogP contribution < -0.4 is 5.32 Å². The van der Waals surface area contributed by atoms with Crippen molar-refractivity contribution in [2.24, 2.45) is 0 Å². The van der Waals surface area contributed by atoms with Crippen LogP contribution in [-0.2, 0) is 15.1 Å². The van der Waals surface area contributed by atoms with Gasteiger partial charge in [0.15, 0.2) is 5.60 Å². The molecular formula is C15H19NO3. The van der Waals surface area contributed by atoms with Crippen molar-refractivity contribution in [3.63, 3.8) is 0 Å². The van der Waals surface area contributed by atoms with Crippen LogP contribution in [0.5, 0.6) is 0 Å². The molecule has 0 aliphatic carbocycles. The van der Waals surface area contributed by atoms with Crippen LogP contribution >= 0.6 is 0 Å². The van der Waals surface area contributed by atoms with Gasteiger partial charge in [0.05, 0.1) is 12.2 Å². The van der Waals surface area contributed by atoms with Gasteiger partial charge in [-0.05, 0) is 18.9 Å². The Bertz CT molecular complexity index is 502. The first kappa shape index (κ1) is 12.6. The quantitative estimate of drug-likeness (QED) is 0.857. The maximum atomic E-state index is 12.4. The van der Waals surface area contributed by atoms with Gasteiger partial charge >= 0.3 is 0 Å². The number of nitrogens with one attached hydrogen (secondary N) is 1. The molecule has 1 fully saturated rings. The number of anilines is 1. The number of hydrogen-bond donors (Lipinski definition) is 2. The number of carbonyl (C=O) groups excluding carboxylic acids is 1. The fourth-order valence-corrected chi connectivity index (χ4v) is 3.21. The van der Waals surface area contributed by atoms with Gasteiger partial charge in [0.25, 0.3) is 5.91 Å². The van der Waals surface area contributed by atoms with Gasteiger partial charge in [0.1, 0.15) is 0 Å². The summed E-state index contributed by atoms with van der Waals surface area (Å²) in [6.45, 7) is 2.08. The SMILES string of the molecule is CCC[C@@H]1C[C@@H](O)C[C@@]2(O1)C(=O)Nc1ccccc12. The molecule has 4 heteroatoms. The van der Waals surface area contributed by atoms with Crippen molar-refractivity contribution in [2.45, 2.75) is 50.4 Å². The van der Waals surface area contributed by atoms with Crippen LogP contribution in [0.25, 0.3) is 0 Å². The third-order valence-electron chi connectivity index (χ3n) is 4.01. The third kappa shape index (κ3) is 1.95. The van der Waals surface area contributed by atoms with E-state index in [-0.39, 0.29) is 12.0 Å². The summed E-state index contributed by atoms with van der Waals surface area (Å²) in [6, 6.07) is 7.58. The first-order chi connectivity index (χ1) is 9.15. The Hall–Kier alpha value is -1.39. The molecule has 1 aromatic rings. The zero-order valence-corrected chi connectivity index (χ0v) is 11.1. The van der Waals surface area contributed by atoms with Gasteiger partial charge in [0, 0.05) is 17.7 Å². The van der Waals surface area contributed by atoms with Gasteiger partial charge in [-0.3, -0.25) is 4.79 Å². The van der Waals surface area contributed by atoms with Crippen LogP contribution in [0, 0.1) is 0 Å². The maximum Gasteiger partial charge on any atom is 0.261 e. The fraction of sp³-hybridized carbons (Fsp3) is 0.533. The van der Waals surface area contributed by atoms with Crippen molar-refractivity contribution >= 4 is 11.6 Å². The molecular weight excluding hydrogens is 242 g/mol. The summed E-state index contributed by atoms with van der Waals surface area (Å²) in [5.74, 6) is -0.145. The van der Waals surface area contributed by atoms with Crippen molar-refractivity contribution in [3.8, 4) is 0 Å². The van der Waals surface area contributed by atoms with Gasteiger partial charge in [-0.15, -0.1) is 0 Å². The van der Waals surface area contributed by atoms with E-state index in [0.717, 1.165) is 24.1 Å². The van der Waals surface area contributed by atoms with Gasteiger partial charge < -0.3 is 15.2 Å². The van der Waals surface area contributed by atoms with Crippen LogP contribution in [0.15, 0.2) is 24.3 Å². The van der Waals surface area contributed by atoms with Crippen molar-refractivity contribution in [1.82, 2.24) is 0 Å². The molecule has 2 N–H and O–H groups in total. The number of amides is 1. The number of benzene rings is 1. The van der Waals surface area contributed by atoms with Crippen molar-refractivity contribution < 1.29 is 14.6 Å². The van der Waals surface area contributed by atoms with E-state index >= 15 is 0 Å². The molecule has 3 rings (SSSR count). The standard InChI is InChI=1S/C15H19NO3/c1-2-5-11-8-10(17)9-15(19-11)12-6-3-4-7-13(12)16-14(15)18/h3-4,6-7,10-11,17H,2,5,8-9H2,1H3,(H,16,18)/t10-,11-,15+/m1/s1. The lowest BCUT2D eigenvalue weighted by molar-refractivity contribution is -0.178. The summed E-state index contributed by atoms with van der Waals surface area (Å²) in [6.07, 6.45) is 2.28. The van der Waals surface area contributed by atoms with Crippen LogP contribution in [0.1, 0.15) is 38.2 Å². The molecule has 4 nitrogen and oxygen atoms in total. The maximum absolute atomic E-state index is 12.4. The third-order valence-corrected chi connectivity index (χ3v) is 4.01. The molecule has 2 heterocycles. The molecule has 0 unspecified atom stereocenters. The highest BCUT2D eigenvalue weighted by atomic mass is 16.5. The number of aliphatic hydroxyl groups is 1. The van der Waals surface area contributed by atoms with Crippen LogP contribution in [-0.4, -0.2) is 23.2 Å². The second kappa shape index (κ2) is 4.62. The van der Waals surface area contributed by atoms with Gasteiger partial charge in [-0.1, -0.05) is 31.5 Å². The molecule has 1 saturated heterocycles. The topological polar surface area (TPSA) is 58.6 Å². The minimum atomic E-state index is -0.992. The van der Waals surface area contributed by atoms with E-state index in [9.17, 15) is 9.90 Å². The second-order valence-electron chi connectivity index (χ2n) is 5.45. The van der Waals surface area contributed by atoms with Crippen molar-refractivity contribution in [2.75, 3.05) is 5.32 Å². The summed E-state index contributed by atoms with van der Waals surface area (Å²) in [7, 11) is 0. The first-order valence-corrected chi connectivity index (χ1v) is 6.92. The first-order valence-electron chi connectivity index (χ1n) is 6.92. The van der Waals surface area contributed by atoms with Crippen molar-refractivity contribution in [3.05, 3.63) is 29.8 Å². The normalized spacial score (nSPS) is 33.3. The highest BCUT2D eigenvalue weighted by Gasteiger charge is 2.52. The molecule has 1 aromatic carbocycles. The molecule has 3 atom stereocenters. The lowest BCUT2D eigenvalue weighted by atomic mass is 9.84. The van der Waals surface area contributed by atoms with E-state index in [1.54, 1.807) is 0 Å². The predicted octanol–water partition coefficient (Wildman–Crippen LogP) is 2.17. The zero-order chi connectivity index (χ0) is 13.5. The smallest absolute Gasteiger partial charge is 0.261 e. The highest BCUT2D eigenvalue weighted by Crippen LogP contribution is 2.46. The molecule has 0 aromatic heterocycles. The molecule has 0 radical (unpaired) electrons. The monoisotopic (exact) mass is 261 g/mol. The van der Waals surface area contributed by atoms with Crippen LogP contribution in [0.4, 0.5) is 5.69 Å². The number of rotatable bonds is 2. The van der Waals surface area contributed by atoms with Crippen LogP contribution in [0.3, 0.4) is 0 Å². The predicted molar refractivity (Wildman–Crippen MR) is 71.8 cm³/mol. The molecule has 102 valence electrons. The number of ether oxygens (including phenoxy) is 1. The lowest BCUT2D eigenvalue weighted by Crippen LogP contribution is -2.48. The van der Waals surface area contributed by atoms with E-state index in [1.165, 1.54) is 0 Å². The van der Waals surface area contributed by atoms with E-state index in [4.69, 9.17) is 4.74 Å². The average molecular weight is 261 g/mol. The lowest BCUT2D eigenvalue weighted by Gasteiger charge is -2.39. The minimum absolute atomic E-state index is 0.0503.